The molecule has 1 atom stereocenters. The average Bonchev–Trinajstić information content (AvgIpc) is 2.77. The van der Waals surface area contributed by atoms with Gasteiger partial charge in [-0.05, 0) is 12.0 Å². The molecule has 0 aromatic heterocycles. The normalized spacial score (nSPS) is 20.6. The van der Waals surface area contributed by atoms with Crippen LogP contribution in [0.15, 0.2) is 30.3 Å². The number of rotatable bonds is 6. The molecular weight excluding hydrogens is 339 g/mol. The quantitative estimate of drug-likeness (QED) is 0.764. The zero-order valence-corrected chi connectivity index (χ0v) is 13.5. The van der Waals surface area contributed by atoms with Crippen LogP contribution in [0.5, 0.6) is 0 Å². The average molecular weight is 357 g/mol. The molecule has 2 rings (SSSR count). The van der Waals surface area contributed by atoms with E-state index in [1.54, 1.807) is 47.9 Å². The molecule has 1 fully saturated rings. The molecule has 2 N–H and O–H groups in total. The van der Waals surface area contributed by atoms with Crippen molar-refractivity contribution < 1.29 is 27.6 Å². The number of alkyl halides is 3. The van der Waals surface area contributed by atoms with Gasteiger partial charge in [0, 0.05) is 6.54 Å². The van der Waals surface area contributed by atoms with Crippen molar-refractivity contribution in [2.45, 2.75) is 38.0 Å². The van der Waals surface area contributed by atoms with Crippen LogP contribution in [0.3, 0.4) is 0 Å². The second kappa shape index (κ2) is 7.12. The summed E-state index contributed by atoms with van der Waals surface area (Å²) in [4.78, 5) is 36.7. The first kappa shape index (κ1) is 18.8. The largest absolute Gasteiger partial charge is 0.440 e. The van der Waals surface area contributed by atoms with E-state index < -0.39 is 29.7 Å². The molecule has 0 aliphatic carbocycles. The van der Waals surface area contributed by atoms with Crippen LogP contribution in [0.4, 0.5) is 18.0 Å². The van der Waals surface area contributed by atoms with Crippen molar-refractivity contribution in [2.75, 3.05) is 6.54 Å². The molecule has 0 spiro atoms. The van der Waals surface area contributed by atoms with E-state index in [1.807, 2.05) is 0 Å². The summed E-state index contributed by atoms with van der Waals surface area (Å²) in [7, 11) is 0. The molecule has 9 heteroatoms. The Bertz CT molecular complexity index is 664. The van der Waals surface area contributed by atoms with Crippen LogP contribution in [-0.4, -0.2) is 41.1 Å². The number of hydrogen-bond donors (Lipinski definition) is 2. The molecular formula is C16H18F3N3O3. The molecule has 0 bridgehead atoms. The van der Waals surface area contributed by atoms with Gasteiger partial charge in [-0.15, -0.1) is 0 Å². The summed E-state index contributed by atoms with van der Waals surface area (Å²) in [5, 5.41) is 3.29. The zero-order valence-electron chi connectivity index (χ0n) is 13.5. The van der Waals surface area contributed by atoms with E-state index >= 15 is 0 Å². The lowest BCUT2D eigenvalue weighted by Gasteiger charge is -2.29. The lowest BCUT2D eigenvalue weighted by molar-refractivity contribution is -0.204. The highest BCUT2D eigenvalue weighted by Gasteiger charge is 2.68. The van der Waals surface area contributed by atoms with E-state index in [2.05, 4.69) is 0 Å². The fourth-order valence-electron chi connectivity index (χ4n) is 2.48. The van der Waals surface area contributed by atoms with Crippen molar-refractivity contribution >= 4 is 17.8 Å². The Morgan fingerprint density at radius 2 is 1.88 bits per heavy atom. The second-order valence-electron chi connectivity index (χ2n) is 5.70. The van der Waals surface area contributed by atoms with E-state index in [-0.39, 0.29) is 13.0 Å². The first-order valence-corrected chi connectivity index (χ1v) is 7.77. The monoisotopic (exact) mass is 357 g/mol. The van der Waals surface area contributed by atoms with Crippen molar-refractivity contribution in [1.82, 2.24) is 15.5 Å². The molecule has 0 radical (unpaired) electrons. The van der Waals surface area contributed by atoms with Crippen LogP contribution >= 0.6 is 0 Å². The smallest absolute Gasteiger partial charge is 0.318 e. The highest BCUT2D eigenvalue weighted by atomic mass is 19.4. The number of unbranched alkanes of at least 4 members (excludes halogenated alkanes) is 1. The van der Waals surface area contributed by atoms with Gasteiger partial charge in [-0.25, -0.2) is 4.79 Å². The van der Waals surface area contributed by atoms with Gasteiger partial charge in [-0.3, -0.25) is 19.8 Å². The van der Waals surface area contributed by atoms with Gasteiger partial charge in [0.15, 0.2) is 0 Å². The Morgan fingerprint density at radius 3 is 2.44 bits per heavy atom. The van der Waals surface area contributed by atoms with Crippen molar-refractivity contribution in [3.63, 3.8) is 0 Å². The van der Waals surface area contributed by atoms with Crippen LogP contribution < -0.4 is 10.6 Å². The summed E-state index contributed by atoms with van der Waals surface area (Å²) in [5.74, 6) is -2.53. The van der Waals surface area contributed by atoms with Crippen molar-refractivity contribution in [3.05, 3.63) is 35.9 Å². The Morgan fingerprint density at radius 1 is 1.24 bits per heavy atom. The van der Waals surface area contributed by atoms with Crippen molar-refractivity contribution in [3.8, 4) is 0 Å². The number of halogens is 3. The van der Waals surface area contributed by atoms with Crippen molar-refractivity contribution in [1.29, 1.82) is 0 Å². The molecule has 1 heterocycles. The summed E-state index contributed by atoms with van der Waals surface area (Å²) in [5.41, 5.74) is -2.94. The maximum absolute atomic E-state index is 13.6. The van der Waals surface area contributed by atoms with E-state index in [0.29, 0.717) is 23.3 Å². The Hall–Kier alpha value is -2.58. The second-order valence-corrected chi connectivity index (χ2v) is 5.70. The van der Waals surface area contributed by atoms with Gasteiger partial charge in [0.25, 0.3) is 11.6 Å². The minimum absolute atomic E-state index is 0.145. The molecule has 4 amide bonds. The summed E-state index contributed by atoms with van der Waals surface area (Å²) < 4.78 is 40.7. The number of nitrogens with one attached hydrogen (secondary N) is 2. The van der Waals surface area contributed by atoms with Gasteiger partial charge in [0.2, 0.25) is 5.91 Å². The van der Waals surface area contributed by atoms with E-state index in [0.717, 1.165) is 0 Å². The number of carbonyl (C=O) groups excluding carboxylic acids is 3. The maximum atomic E-state index is 13.6. The van der Waals surface area contributed by atoms with E-state index in [1.165, 1.54) is 0 Å². The molecule has 0 saturated carbocycles. The SMILES string of the molecule is CCCCN1C(=O)NC(NC(=O)Cc2ccccc2)(C(F)(F)F)C1=O. The molecule has 6 nitrogen and oxygen atoms in total. The third-order valence-corrected chi connectivity index (χ3v) is 3.80. The van der Waals surface area contributed by atoms with Gasteiger partial charge in [0.05, 0.1) is 6.42 Å². The number of nitrogens with zero attached hydrogens (tertiary/aromatic N) is 1. The Kier molecular flexibility index (Phi) is 5.34. The summed E-state index contributed by atoms with van der Waals surface area (Å²) in [6, 6.07) is 6.94. The first-order chi connectivity index (χ1) is 11.7. The first-order valence-electron chi connectivity index (χ1n) is 7.77. The highest BCUT2D eigenvalue weighted by Crippen LogP contribution is 2.34. The summed E-state index contributed by atoms with van der Waals surface area (Å²) in [6.45, 7) is 1.63. The van der Waals surface area contributed by atoms with Crippen LogP contribution in [0.25, 0.3) is 0 Å². The minimum Gasteiger partial charge on any atom is -0.318 e. The molecule has 25 heavy (non-hydrogen) atoms. The van der Waals surface area contributed by atoms with Gasteiger partial charge < -0.3 is 5.32 Å². The van der Waals surface area contributed by atoms with Crippen LogP contribution in [0.2, 0.25) is 0 Å². The lowest BCUT2D eigenvalue weighted by atomic mass is 10.1. The van der Waals surface area contributed by atoms with E-state index in [4.69, 9.17) is 0 Å². The number of benzene rings is 1. The van der Waals surface area contributed by atoms with Crippen LogP contribution in [0.1, 0.15) is 25.3 Å². The minimum atomic E-state index is -5.17. The predicted octanol–water partition coefficient (Wildman–Crippen LogP) is 1.96. The molecule has 1 aromatic carbocycles. The topological polar surface area (TPSA) is 78.5 Å². The number of imide groups is 1. The number of urea groups is 1. The van der Waals surface area contributed by atoms with Crippen LogP contribution in [0, 0.1) is 0 Å². The van der Waals surface area contributed by atoms with Crippen LogP contribution in [-0.2, 0) is 16.0 Å². The van der Waals surface area contributed by atoms with Gasteiger partial charge >= 0.3 is 12.2 Å². The highest BCUT2D eigenvalue weighted by molar-refractivity contribution is 6.09. The fourth-order valence-corrected chi connectivity index (χ4v) is 2.48. The third-order valence-electron chi connectivity index (χ3n) is 3.80. The predicted molar refractivity (Wildman–Crippen MR) is 82.2 cm³/mol. The maximum Gasteiger partial charge on any atom is 0.440 e. The van der Waals surface area contributed by atoms with E-state index in [9.17, 15) is 27.6 Å². The molecule has 1 aliphatic rings. The standard InChI is InChI=1S/C16H18F3N3O3/c1-2-3-9-22-13(24)15(16(17,18)19,21-14(22)25)20-12(23)10-11-7-5-4-6-8-11/h4-8H,2-3,9-10H2,1H3,(H,20,23)(H,21,25). The lowest BCUT2D eigenvalue weighted by Crippen LogP contribution is -2.69. The van der Waals surface area contributed by atoms with Gasteiger partial charge in [0.1, 0.15) is 0 Å². The number of carbonyl (C=O) groups is 3. The molecule has 1 unspecified atom stereocenters. The molecule has 1 saturated heterocycles. The van der Waals surface area contributed by atoms with Gasteiger partial charge in [-0.2, -0.15) is 13.2 Å². The number of amides is 4. The zero-order chi connectivity index (χ0) is 18.7. The molecule has 136 valence electrons. The van der Waals surface area contributed by atoms with Crippen molar-refractivity contribution in [2.24, 2.45) is 0 Å². The third kappa shape index (κ3) is 3.75. The molecule has 1 aromatic rings. The fraction of sp³-hybridized carbons (Fsp3) is 0.438. The summed E-state index contributed by atoms with van der Waals surface area (Å²) >= 11 is 0. The Balaban J connectivity index is 2.23. The Labute approximate surface area is 142 Å². The summed E-state index contributed by atoms with van der Waals surface area (Å²) in [6.07, 6.45) is -4.56. The van der Waals surface area contributed by atoms with Gasteiger partial charge in [-0.1, -0.05) is 43.7 Å². The molecule has 1 aliphatic heterocycles. The number of hydrogen-bond acceptors (Lipinski definition) is 3.